The topological polar surface area (TPSA) is 21.3 Å². The van der Waals surface area contributed by atoms with E-state index in [4.69, 9.17) is 4.74 Å². The van der Waals surface area contributed by atoms with Crippen molar-refractivity contribution in [3.63, 3.8) is 0 Å². The van der Waals surface area contributed by atoms with Gasteiger partial charge in [0.25, 0.3) is 0 Å². The molecule has 1 atom stereocenters. The number of methoxy groups -OCH3 is 1. The van der Waals surface area contributed by atoms with Crippen LogP contribution in [0, 0.1) is 0 Å². The Bertz CT molecular complexity index is 129. The second kappa shape index (κ2) is 7.24. The van der Waals surface area contributed by atoms with Gasteiger partial charge in [-0.15, -0.1) is 0 Å². The maximum atomic E-state index is 5.43. The van der Waals surface area contributed by atoms with Crippen LogP contribution in [0.15, 0.2) is 0 Å². The molecule has 0 heterocycles. The molecule has 0 spiro atoms. The predicted molar refractivity (Wildman–Crippen MR) is 62.7 cm³/mol. The SMILES string of the molecule is CCCCCC(CNC(C)(C)C)OC. The van der Waals surface area contributed by atoms with E-state index in [9.17, 15) is 0 Å². The van der Waals surface area contributed by atoms with Gasteiger partial charge in [0.05, 0.1) is 6.10 Å². The lowest BCUT2D eigenvalue weighted by atomic mass is 10.1. The molecule has 0 radical (unpaired) electrons. The molecule has 2 heteroatoms. The molecule has 0 aliphatic rings. The Morgan fingerprint density at radius 1 is 1.21 bits per heavy atom. The first-order valence-corrected chi connectivity index (χ1v) is 5.77. The highest BCUT2D eigenvalue weighted by Crippen LogP contribution is 2.07. The maximum absolute atomic E-state index is 5.43. The van der Waals surface area contributed by atoms with Crippen molar-refractivity contribution in [2.24, 2.45) is 0 Å². The number of ether oxygens (including phenoxy) is 1. The molecule has 0 bridgehead atoms. The van der Waals surface area contributed by atoms with Gasteiger partial charge in [-0.1, -0.05) is 26.2 Å². The van der Waals surface area contributed by atoms with Gasteiger partial charge in [-0.25, -0.2) is 0 Å². The first kappa shape index (κ1) is 13.9. The third-order valence-electron chi connectivity index (χ3n) is 2.32. The Balaban J connectivity index is 3.58. The number of hydrogen-bond donors (Lipinski definition) is 1. The van der Waals surface area contributed by atoms with Gasteiger partial charge in [0, 0.05) is 19.2 Å². The zero-order chi connectivity index (χ0) is 11.0. The van der Waals surface area contributed by atoms with Crippen LogP contribution in [0.5, 0.6) is 0 Å². The van der Waals surface area contributed by atoms with E-state index < -0.39 is 0 Å². The zero-order valence-electron chi connectivity index (χ0n) is 10.5. The second-order valence-electron chi connectivity index (χ2n) is 4.98. The van der Waals surface area contributed by atoms with Crippen molar-refractivity contribution in [1.82, 2.24) is 5.32 Å². The van der Waals surface area contributed by atoms with E-state index in [0.29, 0.717) is 6.10 Å². The summed E-state index contributed by atoms with van der Waals surface area (Å²) in [6.07, 6.45) is 5.42. The minimum absolute atomic E-state index is 0.196. The highest BCUT2D eigenvalue weighted by molar-refractivity contribution is 4.73. The normalized spacial score (nSPS) is 14.4. The van der Waals surface area contributed by atoms with Crippen molar-refractivity contribution in [1.29, 1.82) is 0 Å². The van der Waals surface area contributed by atoms with Crippen LogP contribution in [0.1, 0.15) is 53.4 Å². The second-order valence-corrected chi connectivity index (χ2v) is 4.98. The van der Waals surface area contributed by atoms with Crippen LogP contribution >= 0.6 is 0 Å². The van der Waals surface area contributed by atoms with Crippen molar-refractivity contribution in [2.75, 3.05) is 13.7 Å². The minimum atomic E-state index is 0.196. The van der Waals surface area contributed by atoms with Crippen LogP contribution in [-0.4, -0.2) is 25.3 Å². The quantitative estimate of drug-likeness (QED) is 0.639. The van der Waals surface area contributed by atoms with Gasteiger partial charge in [0.1, 0.15) is 0 Å². The fourth-order valence-corrected chi connectivity index (χ4v) is 1.35. The van der Waals surface area contributed by atoms with E-state index in [-0.39, 0.29) is 5.54 Å². The summed E-state index contributed by atoms with van der Waals surface area (Å²) in [5, 5.41) is 3.47. The number of unbranched alkanes of at least 4 members (excludes halogenated alkanes) is 2. The molecule has 1 unspecified atom stereocenters. The molecule has 0 rings (SSSR count). The van der Waals surface area contributed by atoms with E-state index in [2.05, 4.69) is 33.0 Å². The van der Waals surface area contributed by atoms with Gasteiger partial charge >= 0.3 is 0 Å². The molecule has 0 aromatic heterocycles. The summed E-state index contributed by atoms with van der Waals surface area (Å²) >= 11 is 0. The summed E-state index contributed by atoms with van der Waals surface area (Å²) < 4.78 is 5.43. The maximum Gasteiger partial charge on any atom is 0.0695 e. The van der Waals surface area contributed by atoms with E-state index >= 15 is 0 Å². The molecule has 0 saturated heterocycles. The monoisotopic (exact) mass is 201 g/mol. The van der Waals surface area contributed by atoms with E-state index in [0.717, 1.165) is 6.54 Å². The molecule has 1 N–H and O–H groups in total. The molecule has 0 saturated carbocycles. The molecule has 0 aliphatic carbocycles. The van der Waals surface area contributed by atoms with Crippen LogP contribution in [0.25, 0.3) is 0 Å². The van der Waals surface area contributed by atoms with Gasteiger partial charge in [-0.3, -0.25) is 0 Å². The molecule has 0 amide bonds. The van der Waals surface area contributed by atoms with E-state index in [1.54, 1.807) is 7.11 Å². The molecule has 14 heavy (non-hydrogen) atoms. The van der Waals surface area contributed by atoms with Gasteiger partial charge < -0.3 is 10.1 Å². The average Bonchev–Trinajstić information content (AvgIpc) is 2.09. The Morgan fingerprint density at radius 2 is 1.86 bits per heavy atom. The van der Waals surface area contributed by atoms with Gasteiger partial charge in [0.15, 0.2) is 0 Å². The smallest absolute Gasteiger partial charge is 0.0695 e. The third-order valence-corrected chi connectivity index (χ3v) is 2.32. The summed E-state index contributed by atoms with van der Waals surface area (Å²) in [5.74, 6) is 0. The van der Waals surface area contributed by atoms with Crippen molar-refractivity contribution in [3.8, 4) is 0 Å². The van der Waals surface area contributed by atoms with Gasteiger partial charge in [-0.2, -0.15) is 0 Å². The van der Waals surface area contributed by atoms with Crippen LogP contribution in [-0.2, 0) is 4.74 Å². The lowest BCUT2D eigenvalue weighted by Crippen LogP contribution is -2.41. The average molecular weight is 201 g/mol. The fourth-order valence-electron chi connectivity index (χ4n) is 1.35. The lowest BCUT2D eigenvalue weighted by Gasteiger charge is -2.24. The van der Waals surface area contributed by atoms with Crippen molar-refractivity contribution >= 4 is 0 Å². The summed E-state index contributed by atoms with van der Waals surface area (Å²) in [6, 6.07) is 0. The molecule has 2 nitrogen and oxygen atoms in total. The number of nitrogens with one attached hydrogen (secondary N) is 1. The van der Waals surface area contributed by atoms with Crippen LogP contribution in [0.4, 0.5) is 0 Å². The number of rotatable bonds is 7. The molecular formula is C12H27NO. The van der Waals surface area contributed by atoms with Crippen LogP contribution in [0.3, 0.4) is 0 Å². The summed E-state index contributed by atoms with van der Waals surface area (Å²) in [5.41, 5.74) is 0.196. The summed E-state index contributed by atoms with van der Waals surface area (Å²) in [4.78, 5) is 0. The molecule has 86 valence electrons. The third kappa shape index (κ3) is 8.52. The van der Waals surface area contributed by atoms with E-state index in [1.807, 2.05) is 0 Å². The van der Waals surface area contributed by atoms with Crippen LogP contribution in [0.2, 0.25) is 0 Å². The van der Waals surface area contributed by atoms with Gasteiger partial charge in [0.2, 0.25) is 0 Å². The van der Waals surface area contributed by atoms with Crippen LogP contribution < -0.4 is 5.32 Å². The van der Waals surface area contributed by atoms with Crippen molar-refractivity contribution in [2.45, 2.75) is 65.0 Å². The predicted octanol–water partition coefficient (Wildman–Crippen LogP) is 2.97. The standard InChI is InChI=1S/C12H27NO/c1-6-7-8-9-11(14-5)10-13-12(2,3)4/h11,13H,6-10H2,1-5H3. The first-order valence-electron chi connectivity index (χ1n) is 5.77. The Labute approximate surface area is 89.4 Å². The minimum Gasteiger partial charge on any atom is -0.380 e. The summed E-state index contributed by atoms with van der Waals surface area (Å²) in [7, 11) is 1.81. The highest BCUT2D eigenvalue weighted by Gasteiger charge is 2.12. The van der Waals surface area contributed by atoms with Gasteiger partial charge in [-0.05, 0) is 27.2 Å². The molecule has 0 aliphatic heterocycles. The summed E-state index contributed by atoms with van der Waals surface area (Å²) in [6.45, 7) is 9.75. The fraction of sp³-hybridized carbons (Fsp3) is 1.00. The van der Waals surface area contributed by atoms with E-state index in [1.165, 1.54) is 25.7 Å². The largest absolute Gasteiger partial charge is 0.380 e. The first-order chi connectivity index (χ1) is 6.49. The van der Waals surface area contributed by atoms with Crippen molar-refractivity contribution < 1.29 is 4.74 Å². The molecular weight excluding hydrogens is 174 g/mol. The Hall–Kier alpha value is -0.0800. The molecule has 0 fully saturated rings. The lowest BCUT2D eigenvalue weighted by molar-refractivity contribution is 0.0863. The molecule has 0 aromatic carbocycles. The Kier molecular flexibility index (Phi) is 7.20. The highest BCUT2D eigenvalue weighted by atomic mass is 16.5. The van der Waals surface area contributed by atoms with Crippen molar-refractivity contribution in [3.05, 3.63) is 0 Å². The zero-order valence-corrected chi connectivity index (χ0v) is 10.5. The number of hydrogen-bond acceptors (Lipinski definition) is 2. The Morgan fingerprint density at radius 3 is 2.29 bits per heavy atom. The molecule has 0 aromatic rings.